The zero-order chi connectivity index (χ0) is 46.5. The molecule has 0 amide bonds. The van der Waals surface area contributed by atoms with Gasteiger partial charge in [-0.1, -0.05) is 42.5 Å². The Kier molecular flexibility index (Phi) is 16.2. The van der Waals surface area contributed by atoms with Gasteiger partial charge in [0, 0.05) is 47.0 Å². The lowest BCUT2D eigenvalue weighted by molar-refractivity contribution is -0.0692. The number of carboxylic acid groups (broad SMARTS) is 2. The Labute approximate surface area is 356 Å². The smallest absolute Gasteiger partial charge is 0.387 e. The average Bonchev–Trinajstić information content (AvgIpc) is 3.24. The number of hydrogen-bond donors (Lipinski definition) is 2. The summed E-state index contributed by atoms with van der Waals surface area (Å²) in [5.74, 6) is -5.90. The highest BCUT2D eigenvalue weighted by molar-refractivity contribution is 5.90. The van der Waals surface area contributed by atoms with Gasteiger partial charge in [-0.3, -0.25) is 0 Å². The van der Waals surface area contributed by atoms with Gasteiger partial charge in [-0.15, -0.1) is 0 Å². The van der Waals surface area contributed by atoms with E-state index in [1.165, 1.54) is 107 Å². The first kappa shape index (κ1) is 47.4. The maximum atomic E-state index is 14.3. The first-order valence-electron chi connectivity index (χ1n) is 18.2. The third-order valence-electron chi connectivity index (χ3n) is 8.69. The SMILES string of the molecule is O=C(O)c1cccc(N(Cc2ccc(F)cc2)c2ccc(OC(F)F)c(OC(F)F)c2)c1.O=C(O)c1cccc(N(Cc2ccccc2F)c2ccc(OC(F)F)c(OC(F)F)c2)c1. The topological polar surface area (TPSA) is 118 Å². The van der Waals surface area contributed by atoms with E-state index in [4.69, 9.17) is 0 Å². The quantitative estimate of drug-likeness (QED) is 0.0807. The van der Waals surface area contributed by atoms with Crippen molar-refractivity contribution >= 4 is 34.7 Å². The van der Waals surface area contributed by atoms with Gasteiger partial charge in [-0.05, 0) is 84.4 Å². The molecule has 6 aromatic rings. The molecule has 0 saturated carbocycles. The predicted molar refractivity (Wildman–Crippen MR) is 211 cm³/mol. The summed E-state index contributed by atoms with van der Waals surface area (Å²) < 4.78 is 147. The maximum absolute atomic E-state index is 14.3. The summed E-state index contributed by atoms with van der Waals surface area (Å²) in [6, 6.07) is 29.4. The molecule has 64 heavy (non-hydrogen) atoms. The first-order valence-corrected chi connectivity index (χ1v) is 18.2. The molecule has 0 aliphatic carbocycles. The second-order valence-corrected chi connectivity index (χ2v) is 12.9. The van der Waals surface area contributed by atoms with Gasteiger partial charge in [0.15, 0.2) is 23.0 Å². The van der Waals surface area contributed by atoms with Gasteiger partial charge in [-0.25, -0.2) is 18.4 Å². The highest BCUT2D eigenvalue weighted by Gasteiger charge is 2.22. The molecule has 0 heterocycles. The lowest BCUT2D eigenvalue weighted by Gasteiger charge is -2.26. The van der Waals surface area contributed by atoms with Crippen LogP contribution in [0, 0.1) is 11.6 Å². The monoisotopic (exact) mass is 906 g/mol. The first-order chi connectivity index (χ1) is 30.5. The number of aromatic carboxylic acids is 2. The van der Waals surface area contributed by atoms with E-state index < -0.39 is 73.0 Å². The summed E-state index contributed by atoms with van der Waals surface area (Å²) in [6.45, 7) is -13.2. The average molecular weight is 907 g/mol. The molecule has 2 N–H and O–H groups in total. The number of halogens is 10. The van der Waals surface area contributed by atoms with E-state index in [1.807, 2.05) is 0 Å². The highest BCUT2D eigenvalue weighted by atomic mass is 19.3. The largest absolute Gasteiger partial charge is 0.478 e. The Morgan fingerprint density at radius 1 is 0.453 bits per heavy atom. The van der Waals surface area contributed by atoms with Gasteiger partial charge in [-0.2, -0.15) is 35.1 Å². The third kappa shape index (κ3) is 13.4. The van der Waals surface area contributed by atoms with E-state index in [0.29, 0.717) is 16.9 Å². The molecule has 6 rings (SSSR count). The van der Waals surface area contributed by atoms with Crippen LogP contribution in [-0.4, -0.2) is 48.6 Å². The molecule has 0 aliphatic rings. The van der Waals surface area contributed by atoms with Crippen LogP contribution in [0.3, 0.4) is 0 Å². The molecule has 0 bridgehead atoms. The Hall–Kier alpha value is -7.64. The van der Waals surface area contributed by atoms with E-state index in [2.05, 4.69) is 18.9 Å². The van der Waals surface area contributed by atoms with Crippen molar-refractivity contribution in [3.63, 3.8) is 0 Å². The molecule has 0 unspecified atom stereocenters. The van der Waals surface area contributed by atoms with Gasteiger partial charge in [0.25, 0.3) is 0 Å². The van der Waals surface area contributed by atoms with E-state index in [0.717, 1.165) is 24.3 Å². The van der Waals surface area contributed by atoms with E-state index in [1.54, 1.807) is 12.1 Å². The molecule has 0 saturated heterocycles. The summed E-state index contributed by atoms with van der Waals surface area (Å²) >= 11 is 0. The van der Waals surface area contributed by atoms with Crippen molar-refractivity contribution in [3.8, 4) is 23.0 Å². The van der Waals surface area contributed by atoms with Crippen molar-refractivity contribution in [3.05, 3.63) is 167 Å². The summed E-state index contributed by atoms with van der Waals surface area (Å²) in [5.41, 5.74) is 1.74. The summed E-state index contributed by atoms with van der Waals surface area (Å²) in [5, 5.41) is 18.6. The van der Waals surface area contributed by atoms with Crippen molar-refractivity contribution in [1.82, 2.24) is 0 Å². The molecule has 20 heteroatoms. The van der Waals surface area contributed by atoms with E-state index >= 15 is 0 Å². The second kappa shape index (κ2) is 21.9. The molecule has 0 atom stereocenters. The number of benzene rings is 6. The van der Waals surface area contributed by atoms with Gasteiger partial charge >= 0.3 is 38.4 Å². The minimum Gasteiger partial charge on any atom is -0.478 e. The zero-order valence-corrected chi connectivity index (χ0v) is 32.4. The number of nitrogens with zero attached hydrogens (tertiary/aromatic N) is 2. The Morgan fingerprint density at radius 2 is 0.859 bits per heavy atom. The lowest BCUT2D eigenvalue weighted by Crippen LogP contribution is -2.18. The number of ether oxygens (including phenoxy) is 4. The van der Waals surface area contributed by atoms with Crippen LogP contribution in [0.15, 0.2) is 133 Å². The van der Waals surface area contributed by atoms with E-state index in [-0.39, 0.29) is 41.2 Å². The van der Waals surface area contributed by atoms with Crippen molar-refractivity contribution in [2.45, 2.75) is 39.5 Å². The second-order valence-electron chi connectivity index (χ2n) is 12.9. The molecule has 0 aromatic heterocycles. The summed E-state index contributed by atoms with van der Waals surface area (Å²) in [4.78, 5) is 25.7. The van der Waals surface area contributed by atoms with E-state index in [9.17, 15) is 63.7 Å². The van der Waals surface area contributed by atoms with Crippen molar-refractivity contribution < 1.29 is 82.7 Å². The Morgan fingerprint density at radius 3 is 1.28 bits per heavy atom. The molecule has 6 aromatic carbocycles. The number of alkyl halides is 8. The van der Waals surface area contributed by atoms with Crippen molar-refractivity contribution in [2.24, 2.45) is 0 Å². The molecule has 336 valence electrons. The van der Waals surface area contributed by atoms with Crippen LogP contribution in [0.1, 0.15) is 31.8 Å². The van der Waals surface area contributed by atoms with Gasteiger partial charge in [0.1, 0.15) is 11.6 Å². The third-order valence-corrected chi connectivity index (χ3v) is 8.69. The van der Waals surface area contributed by atoms with Crippen molar-refractivity contribution in [1.29, 1.82) is 0 Å². The van der Waals surface area contributed by atoms with Crippen LogP contribution in [0.2, 0.25) is 0 Å². The Bertz CT molecular complexity index is 2510. The number of carboxylic acids is 2. The van der Waals surface area contributed by atoms with Crippen molar-refractivity contribution in [2.75, 3.05) is 9.80 Å². The van der Waals surface area contributed by atoms with Gasteiger partial charge in [0.2, 0.25) is 0 Å². The van der Waals surface area contributed by atoms with Crippen LogP contribution in [0.5, 0.6) is 23.0 Å². The van der Waals surface area contributed by atoms with Crippen LogP contribution in [-0.2, 0) is 13.1 Å². The minimum absolute atomic E-state index is 0.0340. The fourth-order valence-electron chi connectivity index (χ4n) is 5.94. The van der Waals surface area contributed by atoms with Crippen LogP contribution < -0.4 is 28.7 Å². The molecule has 0 aliphatic heterocycles. The standard InChI is InChI=1S/2C22H16F5NO4/c23-17-7-2-1-4-14(17)12-28(15-6-3-5-13(10-15)20(29)30)16-8-9-18(31-21(24)25)19(11-16)32-22(26)27;23-15-6-4-13(5-7-15)12-28(16-3-1-2-14(10-16)20(29)30)17-8-9-18(31-21(24)25)19(11-17)32-22(26)27/h2*1-11,21-22H,12H2,(H,29,30). The fraction of sp³-hybridized carbons (Fsp3) is 0.136. The normalized spacial score (nSPS) is 11.0. The minimum atomic E-state index is -3.32. The number of carbonyl (C=O) groups is 2. The molecular formula is C44H32F10N2O8. The lowest BCUT2D eigenvalue weighted by atomic mass is 10.1. The zero-order valence-electron chi connectivity index (χ0n) is 32.4. The number of rotatable bonds is 18. The molecule has 0 spiro atoms. The maximum Gasteiger partial charge on any atom is 0.387 e. The predicted octanol–water partition coefficient (Wildman–Crippen LogP) is 12.1. The summed E-state index contributed by atoms with van der Waals surface area (Å²) in [6.07, 6.45) is 0. The number of anilines is 4. The highest BCUT2D eigenvalue weighted by Crippen LogP contribution is 2.39. The molecule has 0 radical (unpaired) electrons. The summed E-state index contributed by atoms with van der Waals surface area (Å²) in [7, 11) is 0. The number of hydrogen-bond acceptors (Lipinski definition) is 8. The van der Waals surface area contributed by atoms with Gasteiger partial charge < -0.3 is 39.0 Å². The molecule has 10 nitrogen and oxygen atoms in total. The van der Waals surface area contributed by atoms with Crippen LogP contribution in [0.4, 0.5) is 66.7 Å². The molecule has 0 fully saturated rings. The fourth-order valence-corrected chi connectivity index (χ4v) is 5.94. The van der Waals surface area contributed by atoms with Crippen LogP contribution in [0.25, 0.3) is 0 Å². The Balaban J connectivity index is 0.000000241. The van der Waals surface area contributed by atoms with Crippen LogP contribution >= 0.6 is 0 Å². The molecular weight excluding hydrogens is 874 g/mol. The van der Waals surface area contributed by atoms with Gasteiger partial charge in [0.05, 0.1) is 17.7 Å².